The Hall–Kier alpha value is -1.63. The van der Waals surface area contributed by atoms with Crippen molar-refractivity contribution in [2.75, 3.05) is 64.3 Å². The Labute approximate surface area is 156 Å². The quantitative estimate of drug-likeness (QED) is 0.812. The predicted molar refractivity (Wildman–Crippen MR) is 104 cm³/mol. The number of benzene rings is 1. The van der Waals surface area contributed by atoms with E-state index in [-0.39, 0.29) is 5.91 Å². The van der Waals surface area contributed by atoms with Gasteiger partial charge in [0.25, 0.3) is 0 Å². The van der Waals surface area contributed by atoms with Crippen LogP contribution in [0.1, 0.15) is 19.3 Å². The molecule has 2 fully saturated rings. The van der Waals surface area contributed by atoms with Gasteiger partial charge in [-0.2, -0.15) is 0 Å². The number of likely N-dealkylation sites (N-methyl/N-ethyl adjacent to an activating group) is 1. The third-order valence-corrected chi connectivity index (χ3v) is 5.61. The number of amides is 1. The zero-order valence-electron chi connectivity index (χ0n) is 15.9. The molecule has 144 valence electrons. The maximum Gasteiger partial charge on any atom is 0.236 e. The number of nitrogens with one attached hydrogen (secondary N) is 1. The number of aliphatic hydroxyl groups is 1. The molecule has 1 aromatic carbocycles. The molecule has 2 heterocycles. The summed E-state index contributed by atoms with van der Waals surface area (Å²) in [7, 11) is 1.79. The topological polar surface area (TPSA) is 59.1 Å². The molecule has 1 aromatic rings. The van der Waals surface area contributed by atoms with Crippen LogP contribution in [0.15, 0.2) is 30.3 Å². The number of β-amino-alcohol motifs (C(OH)–C–C–N with tert-alkyl or cyclic N) is 1. The number of nitrogens with zero attached hydrogens (tertiary/aromatic N) is 3. The SMILES string of the molecule is CNCC(=O)N1CCC[C@](O)(CN2CCN(c3ccccc3)CC2)CC1. The normalized spacial score (nSPS) is 25.2. The number of hydrogen-bond acceptors (Lipinski definition) is 5. The molecule has 0 aromatic heterocycles. The van der Waals surface area contributed by atoms with E-state index < -0.39 is 5.60 Å². The predicted octanol–water partition coefficient (Wildman–Crippen LogP) is 0.772. The Bertz CT molecular complexity index is 574. The number of para-hydroxylation sites is 1. The zero-order chi connectivity index (χ0) is 18.4. The van der Waals surface area contributed by atoms with Crippen molar-refractivity contribution in [2.24, 2.45) is 0 Å². The molecule has 6 nitrogen and oxygen atoms in total. The van der Waals surface area contributed by atoms with E-state index in [1.165, 1.54) is 5.69 Å². The minimum atomic E-state index is -0.677. The summed E-state index contributed by atoms with van der Waals surface area (Å²) in [5.41, 5.74) is 0.600. The zero-order valence-corrected chi connectivity index (χ0v) is 15.9. The van der Waals surface area contributed by atoms with Gasteiger partial charge in [0, 0.05) is 51.5 Å². The van der Waals surface area contributed by atoms with Crippen molar-refractivity contribution in [3.8, 4) is 0 Å². The van der Waals surface area contributed by atoms with E-state index in [2.05, 4.69) is 39.4 Å². The fraction of sp³-hybridized carbons (Fsp3) is 0.650. The minimum absolute atomic E-state index is 0.133. The highest BCUT2D eigenvalue weighted by molar-refractivity contribution is 5.78. The number of likely N-dealkylation sites (tertiary alicyclic amines) is 1. The van der Waals surface area contributed by atoms with Crippen LogP contribution in [-0.2, 0) is 4.79 Å². The summed E-state index contributed by atoms with van der Waals surface area (Å²) in [4.78, 5) is 18.8. The van der Waals surface area contributed by atoms with E-state index in [1.807, 2.05) is 11.0 Å². The van der Waals surface area contributed by atoms with Gasteiger partial charge < -0.3 is 20.2 Å². The number of anilines is 1. The highest BCUT2D eigenvalue weighted by Crippen LogP contribution is 2.25. The van der Waals surface area contributed by atoms with Crippen LogP contribution in [0.2, 0.25) is 0 Å². The van der Waals surface area contributed by atoms with Crippen LogP contribution >= 0.6 is 0 Å². The second kappa shape index (κ2) is 8.84. The molecular weight excluding hydrogens is 328 g/mol. The van der Waals surface area contributed by atoms with E-state index in [0.717, 1.165) is 45.6 Å². The number of carbonyl (C=O) groups is 1. The summed E-state index contributed by atoms with van der Waals surface area (Å²) in [5.74, 6) is 0.133. The third kappa shape index (κ3) is 4.96. The van der Waals surface area contributed by atoms with Crippen LogP contribution < -0.4 is 10.2 Å². The van der Waals surface area contributed by atoms with Gasteiger partial charge in [-0.25, -0.2) is 0 Å². The average molecular weight is 361 g/mol. The maximum atomic E-state index is 12.1. The first-order chi connectivity index (χ1) is 12.6. The lowest BCUT2D eigenvalue weighted by atomic mass is 9.94. The highest BCUT2D eigenvalue weighted by Gasteiger charge is 2.34. The van der Waals surface area contributed by atoms with Gasteiger partial charge in [0.1, 0.15) is 0 Å². The van der Waals surface area contributed by atoms with E-state index in [0.29, 0.717) is 26.1 Å². The summed E-state index contributed by atoms with van der Waals surface area (Å²) in [5, 5.41) is 14.0. The fourth-order valence-electron chi connectivity index (χ4n) is 4.07. The molecule has 0 spiro atoms. The third-order valence-electron chi connectivity index (χ3n) is 5.61. The van der Waals surface area contributed by atoms with Crippen molar-refractivity contribution in [2.45, 2.75) is 24.9 Å². The largest absolute Gasteiger partial charge is 0.388 e. The molecule has 26 heavy (non-hydrogen) atoms. The van der Waals surface area contributed by atoms with Crippen molar-refractivity contribution in [3.05, 3.63) is 30.3 Å². The molecular formula is C20H32N4O2. The van der Waals surface area contributed by atoms with E-state index in [4.69, 9.17) is 0 Å². The van der Waals surface area contributed by atoms with Gasteiger partial charge in [-0.3, -0.25) is 9.69 Å². The molecule has 3 rings (SSSR count). The first-order valence-corrected chi connectivity index (χ1v) is 9.77. The van der Waals surface area contributed by atoms with Crippen molar-refractivity contribution in [1.29, 1.82) is 0 Å². The van der Waals surface area contributed by atoms with Gasteiger partial charge in [0.05, 0.1) is 12.1 Å². The molecule has 2 aliphatic rings. The summed E-state index contributed by atoms with van der Waals surface area (Å²) >= 11 is 0. The Morgan fingerprint density at radius 1 is 1.08 bits per heavy atom. The second-order valence-corrected chi connectivity index (χ2v) is 7.59. The van der Waals surface area contributed by atoms with Crippen LogP contribution in [0, 0.1) is 0 Å². The lowest BCUT2D eigenvalue weighted by molar-refractivity contribution is -0.130. The van der Waals surface area contributed by atoms with Gasteiger partial charge in [-0.1, -0.05) is 18.2 Å². The van der Waals surface area contributed by atoms with E-state index in [9.17, 15) is 9.90 Å². The Kier molecular flexibility index (Phi) is 6.51. The number of rotatable bonds is 5. The molecule has 2 aliphatic heterocycles. The molecule has 0 saturated carbocycles. The van der Waals surface area contributed by atoms with Crippen molar-refractivity contribution < 1.29 is 9.90 Å². The van der Waals surface area contributed by atoms with Crippen LogP contribution in [0.25, 0.3) is 0 Å². The monoisotopic (exact) mass is 360 g/mol. The lowest BCUT2D eigenvalue weighted by Crippen LogP contribution is -2.52. The number of piperazine rings is 1. The van der Waals surface area contributed by atoms with Gasteiger partial charge in [0.2, 0.25) is 5.91 Å². The Balaban J connectivity index is 1.49. The van der Waals surface area contributed by atoms with Gasteiger partial charge >= 0.3 is 0 Å². The molecule has 0 bridgehead atoms. The van der Waals surface area contributed by atoms with Crippen LogP contribution in [0.3, 0.4) is 0 Å². The van der Waals surface area contributed by atoms with Crippen molar-refractivity contribution in [1.82, 2.24) is 15.1 Å². The smallest absolute Gasteiger partial charge is 0.236 e. The lowest BCUT2D eigenvalue weighted by Gasteiger charge is -2.40. The Morgan fingerprint density at radius 3 is 2.50 bits per heavy atom. The summed E-state index contributed by atoms with van der Waals surface area (Å²) in [6.45, 7) is 6.42. The molecule has 2 saturated heterocycles. The summed E-state index contributed by atoms with van der Waals surface area (Å²) in [6, 6.07) is 10.5. The summed E-state index contributed by atoms with van der Waals surface area (Å²) in [6.07, 6.45) is 2.31. The standard InChI is InChI=1S/C20H32N4O2/c1-21-16-19(25)24-10-5-8-20(26,9-11-24)17-22-12-14-23(15-13-22)18-6-3-2-4-7-18/h2-4,6-7,21,26H,5,8-17H2,1H3/t20-/m1/s1. The molecule has 0 unspecified atom stereocenters. The van der Waals surface area contributed by atoms with Gasteiger partial charge in [-0.15, -0.1) is 0 Å². The first-order valence-electron chi connectivity index (χ1n) is 9.77. The number of carbonyl (C=O) groups excluding carboxylic acids is 1. The first kappa shape index (κ1) is 19.1. The molecule has 0 radical (unpaired) electrons. The highest BCUT2D eigenvalue weighted by atomic mass is 16.3. The minimum Gasteiger partial charge on any atom is -0.388 e. The maximum absolute atomic E-state index is 12.1. The molecule has 2 N–H and O–H groups in total. The van der Waals surface area contributed by atoms with Crippen molar-refractivity contribution in [3.63, 3.8) is 0 Å². The van der Waals surface area contributed by atoms with E-state index in [1.54, 1.807) is 7.05 Å². The molecule has 1 atom stereocenters. The fourth-order valence-corrected chi connectivity index (χ4v) is 4.07. The molecule has 6 heteroatoms. The van der Waals surface area contributed by atoms with Crippen LogP contribution in [0.4, 0.5) is 5.69 Å². The van der Waals surface area contributed by atoms with Crippen LogP contribution in [0.5, 0.6) is 0 Å². The van der Waals surface area contributed by atoms with Gasteiger partial charge in [-0.05, 0) is 38.4 Å². The second-order valence-electron chi connectivity index (χ2n) is 7.59. The summed E-state index contributed by atoms with van der Waals surface area (Å²) < 4.78 is 0. The van der Waals surface area contributed by atoms with E-state index >= 15 is 0 Å². The van der Waals surface area contributed by atoms with Crippen molar-refractivity contribution >= 4 is 11.6 Å². The average Bonchev–Trinajstić information content (AvgIpc) is 2.85. The van der Waals surface area contributed by atoms with Gasteiger partial charge in [0.15, 0.2) is 0 Å². The number of hydrogen-bond donors (Lipinski definition) is 2. The van der Waals surface area contributed by atoms with Crippen LogP contribution in [-0.4, -0.2) is 85.8 Å². The Morgan fingerprint density at radius 2 is 1.81 bits per heavy atom. The molecule has 0 aliphatic carbocycles. The molecule has 1 amide bonds.